The van der Waals surface area contributed by atoms with Gasteiger partial charge < -0.3 is 5.11 Å². The van der Waals surface area contributed by atoms with Crippen LogP contribution in [-0.4, -0.2) is 28.6 Å². The molecular formula is C13H18ClNO2. The Labute approximate surface area is 108 Å². The molecule has 94 valence electrons. The van der Waals surface area contributed by atoms with E-state index in [1.54, 1.807) is 0 Å². The van der Waals surface area contributed by atoms with Gasteiger partial charge in [0.25, 0.3) is 0 Å². The van der Waals surface area contributed by atoms with Crippen LogP contribution in [0, 0.1) is 0 Å². The summed E-state index contributed by atoms with van der Waals surface area (Å²) in [7, 11) is 0. The Kier molecular flexibility index (Phi) is 5.45. The number of nitrogens with zero attached hydrogens (tertiary/aromatic N) is 1. The molecule has 1 aromatic carbocycles. The first-order chi connectivity index (χ1) is 7.77. The molecule has 0 aliphatic carbocycles. The lowest BCUT2D eigenvalue weighted by Crippen LogP contribution is -2.43. The Hall–Kier alpha value is -1.06. The summed E-state index contributed by atoms with van der Waals surface area (Å²) < 4.78 is 0. The quantitative estimate of drug-likeness (QED) is 0.902. The van der Waals surface area contributed by atoms with Crippen molar-refractivity contribution in [2.75, 3.05) is 6.54 Å². The number of likely N-dealkylation sites (tertiary alicyclic amines) is 1. The number of piperidine rings is 1. The molecule has 0 unspecified atom stereocenters. The maximum atomic E-state index is 11.1. The van der Waals surface area contributed by atoms with Gasteiger partial charge in [0.05, 0.1) is 0 Å². The Balaban J connectivity index is 0.00000144. The minimum absolute atomic E-state index is 0. The Morgan fingerprint density at radius 1 is 1.29 bits per heavy atom. The fourth-order valence-electron chi connectivity index (χ4n) is 2.28. The molecular weight excluding hydrogens is 238 g/mol. The van der Waals surface area contributed by atoms with Gasteiger partial charge in [-0.15, -0.1) is 12.4 Å². The Morgan fingerprint density at radius 2 is 2.00 bits per heavy atom. The third kappa shape index (κ3) is 3.72. The third-order valence-electron chi connectivity index (χ3n) is 3.13. The molecule has 3 nitrogen and oxygen atoms in total. The van der Waals surface area contributed by atoms with Crippen LogP contribution in [0.3, 0.4) is 0 Å². The standard InChI is InChI=1S/C13H17NO2.ClH/c15-13(16)12-8-4-5-9-14(12)10-11-6-2-1-3-7-11;/h1-3,6-7,12H,4-5,8-10H2,(H,15,16);1H/t12-;/m1./s1. The predicted molar refractivity (Wildman–Crippen MR) is 69.4 cm³/mol. The normalized spacial score (nSPS) is 20.6. The van der Waals surface area contributed by atoms with Crippen molar-refractivity contribution in [1.29, 1.82) is 0 Å². The van der Waals surface area contributed by atoms with Crippen LogP contribution in [0.5, 0.6) is 0 Å². The summed E-state index contributed by atoms with van der Waals surface area (Å²) in [6.07, 6.45) is 2.92. The number of carboxylic acids is 1. The van der Waals surface area contributed by atoms with Gasteiger partial charge in [0.1, 0.15) is 6.04 Å². The first-order valence-corrected chi connectivity index (χ1v) is 5.78. The zero-order valence-corrected chi connectivity index (χ0v) is 10.5. The van der Waals surface area contributed by atoms with Crippen molar-refractivity contribution in [3.8, 4) is 0 Å². The van der Waals surface area contributed by atoms with E-state index in [0.717, 1.165) is 32.4 Å². The molecule has 1 aromatic rings. The first-order valence-electron chi connectivity index (χ1n) is 5.78. The van der Waals surface area contributed by atoms with Crippen molar-refractivity contribution in [2.24, 2.45) is 0 Å². The molecule has 0 bridgehead atoms. The minimum Gasteiger partial charge on any atom is -0.480 e. The Morgan fingerprint density at radius 3 is 2.65 bits per heavy atom. The summed E-state index contributed by atoms with van der Waals surface area (Å²) in [6, 6.07) is 9.77. The highest BCUT2D eigenvalue weighted by molar-refractivity contribution is 5.85. The molecule has 1 heterocycles. The van der Waals surface area contributed by atoms with E-state index in [1.807, 2.05) is 30.3 Å². The molecule has 2 rings (SSSR count). The van der Waals surface area contributed by atoms with E-state index in [1.165, 1.54) is 5.56 Å². The number of aliphatic carboxylic acids is 1. The lowest BCUT2D eigenvalue weighted by atomic mass is 10.0. The van der Waals surface area contributed by atoms with Crippen LogP contribution in [0.4, 0.5) is 0 Å². The highest BCUT2D eigenvalue weighted by Gasteiger charge is 2.27. The summed E-state index contributed by atoms with van der Waals surface area (Å²) in [5, 5.41) is 9.15. The average Bonchev–Trinajstić information content (AvgIpc) is 2.31. The largest absolute Gasteiger partial charge is 0.480 e. The molecule has 1 aliphatic rings. The molecule has 0 spiro atoms. The van der Waals surface area contributed by atoms with Crippen molar-refractivity contribution in [3.05, 3.63) is 35.9 Å². The molecule has 0 saturated carbocycles. The van der Waals surface area contributed by atoms with Gasteiger partial charge >= 0.3 is 5.97 Å². The van der Waals surface area contributed by atoms with Crippen LogP contribution in [0.15, 0.2) is 30.3 Å². The van der Waals surface area contributed by atoms with Gasteiger partial charge in [-0.3, -0.25) is 9.69 Å². The highest BCUT2D eigenvalue weighted by atomic mass is 35.5. The number of halogens is 1. The van der Waals surface area contributed by atoms with Crippen LogP contribution in [0.1, 0.15) is 24.8 Å². The second kappa shape index (κ2) is 6.62. The van der Waals surface area contributed by atoms with E-state index in [-0.39, 0.29) is 18.4 Å². The zero-order chi connectivity index (χ0) is 11.4. The first kappa shape index (κ1) is 14.0. The second-order valence-corrected chi connectivity index (χ2v) is 4.31. The molecule has 0 radical (unpaired) electrons. The van der Waals surface area contributed by atoms with Gasteiger partial charge in [0.15, 0.2) is 0 Å². The summed E-state index contributed by atoms with van der Waals surface area (Å²) in [5.41, 5.74) is 1.19. The minimum atomic E-state index is -0.685. The van der Waals surface area contributed by atoms with Gasteiger partial charge in [0, 0.05) is 6.54 Å². The fourth-order valence-corrected chi connectivity index (χ4v) is 2.28. The lowest BCUT2D eigenvalue weighted by molar-refractivity contribution is -0.144. The van der Waals surface area contributed by atoms with E-state index in [0.29, 0.717) is 0 Å². The predicted octanol–water partition coefficient (Wildman–Crippen LogP) is 2.55. The monoisotopic (exact) mass is 255 g/mol. The maximum absolute atomic E-state index is 11.1. The summed E-state index contributed by atoms with van der Waals surface area (Å²) in [4.78, 5) is 13.2. The summed E-state index contributed by atoms with van der Waals surface area (Å²) in [6.45, 7) is 1.64. The van der Waals surface area contributed by atoms with E-state index >= 15 is 0 Å². The van der Waals surface area contributed by atoms with Crippen molar-refractivity contribution in [2.45, 2.75) is 31.8 Å². The van der Waals surface area contributed by atoms with Crippen molar-refractivity contribution in [3.63, 3.8) is 0 Å². The van der Waals surface area contributed by atoms with E-state index in [4.69, 9.17) is 5.11 Å². The van der Waals surface area contributed by atoms with E-state index < -0.39 is 5.97 Å². The van der Waals surface area contributed by atoms with E-state index in [9.17, 15) is 4.79 Å². The molecule has 1 fully saturated rings. The number of hydrogen-bond acceptors (Lipinski definition) is 2. The van der Waals surface area contributed by atoms with Gasteiger partial charge in [-0.1, -0.05) is 36.8 Å². The molecule has 1 saturated heterocycles. The molecule has 1 atom stereocenters. The van der Waals surface area contributed by atoms with E-state index in [2.05, 4.69) is 4.90 Å². The van der Waals surface area contributed by atoms with Crippen LogP contribution in [-0.2, 0) is 11.3 Å². The average molecular weight is 256 g/mol. The highest BCUT2D eigenvalue weighted by Crippen LogP contribution is 2.19. The fraction of sp³-hybridized carbons (Fsp3) is 0.462. The molecule has 4 heteroatoms. The molecule has 1 aliphatic heterocycles. The molecule has 0 amide bonds. The van der Waals surface area contributed by atoms with Crippen LogP contribution in [0.2, 0.25) is 0 Å². The summed E-state index contributed by atoms with van der Waals surface area (Å²) in [5.74, 6) is -0.685. The SMILES string of the molecule is Cl.O=C(O)[C@H]1CCCCN1Cc1ccccc1. The van der Waals surface area contributed by atoms with Crippen LogP contribution >= 0.6 is 12.4 Å². The van der Waals surface area contributed by atoms with Gasteiger partial charge in [-0.05, 0) is 24.9 Å². The number of hydrogen-bond donors (Lipinski definition) is 1. The molecule has 1 N–H and O–H groups in total. The van der Waals surface area contributed by atoms with Gasteiger partial charge in [-0.25, -0.2) is 0 Å². The molecule has 17 heavy (non-hydrogen) atoms. The lowest BCUT2D eigenvalue weighted by Gasteiger charge is -2.32. The number of carbonyl (C=O) groups is 1. The smallest absolute Gasteiger partial charge is 0.320 e. The van der Waals surface area contributed by atoms with Crippen molar-refractivity contribution < 1.29 is 9.90 Å². The number of benzene rings is 1. The Bertz CT molecular complexity index is 356. The third-order valence-corrected chi connectivity index (χ3v) is 3.13. The van der Waals surface area contributed by atoms with Gasteiger partial charge in [-0.2, -0.15) is 0 Å². The van der Waals surface area contributed by atoms with Gasteiger partial charge in [0.2, 0.25) is 0 Å². The number of rotatable bonds is 3. The second-order valence-electron chi connectivity index (χ2n) is 4.31. The zero-order valence-electron chi connectivity index (χ0n) is 9.71. The van der Waals surface area contributed by atoms with Crippen LogP contribution in [0.25, 0.3) is 0 Å². The maximum Gasteiger partial charge on any atom is 0.320 e. The topological polar surface area (TPSA) is 40.5 Å². The number of carboxylic acid groups (broad SMARTS) is 1. The van der Waals surface area contributed by atoms with Crippen molar-refractivity contribution in [1.82, 2.24) is 4.90 Å². The van der Waals surface area contributed by atoms with Crippen LogP contribution < -0.4 is 0 Å². The summed E-state index contributed by atoms with van der Waals surface area (Å²) >= 11 is 0. The van der Waals surface area contributed by atoms with Crippen molar-refractivity contribution >= 4 is 18.4 Å². The molecule has 0 aromatic heterocycles.